The van der Waals surface area contributed by atoms with Gasteiger partial charge >= 0.3 is 0 Å². The molecule has 7 heteroatoms. The fourth-order valence-corrected chi connectivity index (χ4v) is 4.08. The third kappa shape index (κ3) is 4.32. The molecule has 1 atom stereocenters. The Labute approximate surface area is 172 Å². The molecule has 1 saturated carbocycles. The first-order chi connectivity index (χ1) is 13.2. The smallest absolute Gasteiger partial charge is 0.253 e. The van der Waals surface area contributed by atoms with Gasteiger partial charge in [-0.1, -0.05) is 47.0 Å². The number of carbonyl (C=O) groups excluding carboxylic acids is 1. The number of halogens is 4. The van der Waals surface area contributed by atoms with E-state index in [-0.39, 0.29) is 46.9 Å². The molecule has 1 unspecified atom stereocenters. The van der Waals surface area contributed by atoms with Crippen LogP contribution in [0, 0.1) is 12.7 Å². The summed E-state index contributed by atoms with van der Waals surface area (Å²) in [5.74, 6) is -1.18. The van der Waals surface area contributed by atoms with Crippen LogP contribution < -0.4 is 5.32 Å². The molecule has 2 N–H and O–H groups in total. The maximum atomic E-state index is 14.1. The van der Waals surface area contributed by atoms with E-state index in [4.69, 9.17) is 23.2 Å². The highest BCUT2D eigenvalue weighted by Crippen LogP contribution is 2.42. The number of aliphatic hydroxyl groups is 1. The Balaban J connectivity index is 2.00. The highest BCUT2D eigenvalue weighted by atomic mass is 35.5. The van der Waals surface area contributed by atoms with E-state index < -0.39 is 29.5 Å². The molecule has 0 spiro atoms. The Bertz CT molecular complexity index is 883. The van der Waals surface area contributed by atoms with Gasteiger partial charge in [0.1, 0.15) is 12.0 Å². The molecule has 0 heterocycles. The Hall–Kier alpha value is -1.69. The van der Waals surface area contributed by atoms with E-state index in [0.29, 0.717) is 0 Å². The lowest BCUT2D eigenvalue weighted by Crippen LogP contribution is -2.48. The van der Waals surface area contributed by atoms with E-state index in [1.54, 1.807) is 24.3 Å². The van der Waals surface area contributed by atoms with Crippen LogP contribution in [-0.4, -0.2) is 22.8 Å². The molecule has 1 fully saturated rings. The lowest BCUT2D eigenvalue weighted by atomic mass is 9.76. The Morgan fingerprint density at radius 1 is 1.25 bits per heavy atom. The molecule has 0 aromatic heterocycles. The molecule has 0 saturated heterocycles. The van der Waals surface area contributed by atoms with Gasteiger partial charge in [0, 0.05) is 0 Å². The molecule has 1 amide bonds. The molecule has 0 bridgehead atoms. The molecular weight excluding hydrogens is 407 g/mol. The van der Waals surface area contributed by atoms with Crippen molar-refractivity contribution < 1.29 is 18.7 Å². The number of hydrogen-bond acceptors (Lipinski definition) is 2. The second-order valence-electron chi connectivity index (χ2n) is 7.31. The Kier molecular flexibility index (Phi) is 6.28. The van der Waals surface area contributed by atoms with Gasteiger partial charge in [0.2, 0.25) is 0 Å². The van der Waals surface area contributed by atoms with Gasteiger partial charge in [0.25, 0.3) is 5.91 Å². The summed E-state index contributed by atoms with van der Waals surface area (Å²) in [6.45, 7) is 1.82. The molecule has 2 aromatic carbocycles. The van der Waals surface area contributed by atoms with Crippen LogP contribution in [0.15, 0.2) is 36.4 Å². The fraction of sp³-hybridized carbons (Fsp3) is 0.381. The summed E-state index contributed by atoms with van der Waals surface area (Å²) in [4.78, 5) is 12.9. The molecular formula is C21H21Cl2F2NO2. The van der Waals surface area contributed by atoms with Gasteiger partial charge in [0.15, 0.2) is 0 Å². The van der Waals surface area contributed by atoms with Crippen LogP contribution in [-0.2, 0) is 0 Å². The monoisotopic (exact) mass is 427 g/mol. The summed E-state index contributed by atoms with van der Waals surface area (Å²) in [6.07, 6.45) is -0.464. The number of carbonyl (C=O) groups is 1. The SMILES string of the molecule is Cc1ccc(Cl)c(C(=O)NC(c2cccc(F)c2Cl)C2(O)CCC(F)CC2)c1. The topological polar surface area (TPSA) is 49.3 Å². The number of hydrogen-bond donors (Lipinski definition) is 2. The number of aryl methyl sites for hydroxylation is 1. The number of amides is 1. The van der Waals surface area contributed by atoms with Crippen LogP contribution in [0.1, 0.15) is 53.2 Å². The fourth-order valence-electron chi connectivity index (χ4n) is 3.64. The summed E-state index contributed by atoms with van der Waals surface area (Å²) in [5.41, 5.74) is -0.126. The lowest BCUT2D eigenvalue weighted by molar-refractivity contribution is -0.0445. The number of rotatable bonds is 4. The normalized spacial score (nSPS) is 23.3. The molecule has 2 aromatic rings. The second kappa shape index (κ2) is 8.36. The zero-order valence-electron chi connectivity index (χ0n) is 15.3. The number of nitrogens with one attached hydrogen (secondary N) is 1. The zero-order valence-corrected chi connectivity index (χ0v) is 16.8. The van der Waals surface area contributed by atoms with Crippen LogP contribution in [0.4, 0.5) is 8.78 Å². The minimum Gasteiger partial charge on any atom is -0.387 e. The van der Waals surface area contributed by atoms with Gasteiger partial charge in [-0.2, -0.15) is 0 Å². The first-order valence-electron chi connectivity index (χ1n) is 9.08. The van der Waals surface area contributed by atoms with E-state index in [1.165, 1.54) is 12.1 Å². The predicted octanol–water partition coefficient (Wildman–Crippen LogP) is 5.56. The highest BCUT2D eigenvalue weighted by Gasteiger charge is 2.43. The quantitative estimate of drug-likeness (QED) is 0.671. The molecule has 28 heavy (non-hydrogen) atoms. The summed E-state index contributed by atoms with van der Waals surface area (Å²) in [5, 5.41) is 14.1. The maximum absolute atomic E-state index is 14.1. The van der Waals surface area contributed by atoms with Gasteiger partial charge in [-0.15, -0.1) is 0 Å². The summed E-state index contributed by atoms with van der Waals surface area (Å²) >= 11 is 12.3. The largest absolute Gasteiger partial charge is 0.387 e. The van der Waals surface area contributed by atoms with E-state index >= 15 is 0 Å². The molecule has 1 aliphatic rings. The lowest BCUT2D eigenvalue weighted by Gasteiger charge is -2.41. The second-order valence-corrected chi connectivity index (χ2v) is 8.10. The van der Waals surface area contributed by atoms with E-state index in [0.717, 1.165) is 5.56 Å². The first kappa shape index (κ1) is 21.0. The number of alkyl halides is 1. The molecule has 3 rings (SSSR count). The van der Waals surface area contributed by atoms with Gasteiger partial charge in [0.05, 0.1) is 27.3 Å². The summed E-state index contributed by atoms with van der Waals surface area (Å²) in [6, 6.07) is 8.21. The molecule has 1 aliphatic carbocycles. The maximum Gasteiger partial charge on any atom is 0.253 e. The molecule has 0 radical (unpaired) electrons. The van der Waals surface area contributed by atoms with E-state index in [9.17, 15) is 18.7 Å². The highest BCUT2D eigenvalue weighted by molar-refractivity contribution is 6.34. The molecule has 3 nitrogen and oxygen atoms in total. The van der Waals surface area contributed by atoms with Crippen molar-refractivity contribution in [3.05, 3.63) is 69.0 Å². The van der Waals surface area contributed by atoms with Crippen molar-refractivity contribution in [1.29, 1.82) is 0 Å². The predicted molar refractivity (Wildman–Crippen MR) is 106 cm³/mol. The van der Waals surface area contributed by atoms with Gasteiger partial charge in [-0.25, -0.2) is 8.78 Å². The molecule has 0 aliphatic heterocycles. The van der Waals surface area contributed by atoms with Crippen molar-refractivity contribution in [3.8, 4) is 0 Å². The van der Waals surface area contributed by atoms with Crippen molar-refractivity contribution in [2.75, 3.05) is 0 Å². The van der Waals surface area contributed by atoms with Crippen molar-refractivity contribution in [2.24, 2.45) is 0 Å². The minimum absolute atomic E-state index is 0.119. The van der Waals surface area contributed by atoms with Crippen LogP contribution in [0.3, 0.4) is 0 Å². The average Bonchev–Trinajstić information content (AvgIpc) is 2.66. The Morgan fingerprint density at radius 2 is 1.93 bits per heavy atom. The Morgan fingerprint density at radius 3 is 2.61 bits per heavy atom. The van der Waals surface area contributed by atoms with E-state index in [2.05, 4.69) is 5.32 Å². The minimum atomic E-state index is -1.45. The third-order valence-electron chi connectivity index (χ3n) is 5.25. The van der Waals surface area contributed by atoms with Crippen LogP contribution >= 0.6 is 23.2 Å². The van der Waals surface area contributed by atoms with Gasteiger partial charge in [-0.05, 0) is 56.4 Å². The van der Waals surface area contributed by atoms with Crippen molar-refractivity contribution in [1.82, 2.24) is 5.32 Å². The number of benzene rings is 2. The van der Waals surface area contributed by atoms with Crippen molar-refractivity contribution in [2.45, 2.75) is 50.4 Å². The summed E-state index contributed by atoms with van der Waals surface area (Å²) < 4.78 is 27.7. The van der Waals surface area contributed by atoms with Gasteiger partial charge in [-0.3, -0.25) is 4.79 Å². The van der Waals surface area contributed by atoms with Crippen LogP contribution in [0.2, 0.25) is 10.0 Å². The summed E-state index contributed by atoms with van der Waals surface area (Å²) in [7, 11) is 0. The molecule has 150 valence electrons. The average molecular weight is 428 g/mol. The van der Waals surface area contributed by atoms with Gasteiger partial charge < -0.3 is 10.4 Å². The van der Waals surface area contributed by atoms with Crippen molar-refractivity contribution in [3.63, 3.8) is 0 Å². The first-order valence-corrected chi connectivity index (χ1v) is 9.84. The van der Waals surface area contributed by atoms with Crippen molar-refractivity contribution >= 4 is 29.1 Å². The zero-order chi connectivity index (χ0) is 20.5. The van der Waals surface area contributed by atoms with Crippen LogP contribution in [0.5, 0.6) is 0 Å². The van der Waals surface area contributed by atoms with Crippen LogP contribution in [0.25, 0.3) is 0 Å². The van der Waals surface area contributed by atoms with E-state index in [1.807, 2.05) is 6.92 Å². The standard InChI is InChI=1S/C21H21Cl2F2NO2/c1-12-5-6-16(22)15(11-12)20(27)26-19(14-3-2-4-17(25)18(14)23)21(28)9-7-13(24)8-10-21/h2-6,11,13,19,28H,7-10H2,1H3,(H,26,27). The third-order valence-corrected chi connectivity index (χ3v) is 5.98.